The van der Waals surface area contributed by atoms with E-state index in [2.05, 4.69) is 10.3 Å². The number of nitrogens with one attached hydrogen (secondary N) is 1. The van der Waals surface area contributed by atoms with Gasteiger partial charge in [0.1, 0.15) is 0 Å². The molecule has 0 bridgehead atoms. The van der Waals surface area contributed by atoms with Crippen molar-refractivity contribution in [2.24, 2.45) is 5.92 Å². The van der Waals surface area contributed by atoms with E-state index >= 15 is 0 Å². The summed E-state index contributed by atoms with van der Waals surface area (Å²) < 4.78 is 2.04. The van der Waals surface area contributed by atoms with Gasteiger partial charge in [-0.15, -0.1) is 0 Å². The van der Waals surface area contributed by atoms with Gasteiger partial charge >= 0.3 is 0 Å². The molecule has 5 nitrogen and oxygen atoms in total. The first-order chi connectivity index (χ1) is 11.1. The van der Waals surface area contributed by atoms with Crippen LogP contribution in [0.4, 0.5) is 5.95 Å². The molecule has 2 aliphatic carbocycles. The third kappa shape index (κ3) is 2.80. The Morgan fingerprint density at radius 3 is 2.61 bits per heavy atom. The van der Waals surface area contributed by atoms with Gasteiger partial charge in [-0.05, 0) is 43.7 Å². The van der Waals surface area contributed by atoms with E-state index in [-0.39, 0.29) is 18.6 Å². The maximum Gasteiger partial charge on any atom is 0.204 e. The van der Waals surface area contributed by atoms with Gasteiger partial charge in [0.25, 0.3) is 0 Å². The van der Waals surface area contributed by atoms with Gasteiger partial charge in [-0.25, -0.2) is 4.98 Å². The number of benzene rings is 1. The Labute approximate surface area is 144 Å². The number of anilines is 1. The van der Waals surface area contributed by atoms with E-state index in [0.717, 1.165) is 36.2 Å². The van der Waals surface area contributed by atoms with E-state index in [4.69, 9.17) is 23.2 Å². The second kappa shape index (κ2) is 5.81. The predicted octanol–water partition coefficient (Wildman–Crippen LogP) is 3.22. The molecule has 0 saturated heterocycles. The summed E-state index contributed by atoms with van der Waals surface area (Å²) in [5.41, 5.74) is 1.63. The molecule has 2 fully saturated rings. The first-order valence-corrected chi connectivity index (χ1v) is 8.75. The standard InChI is InChI=1S/C16H19Cl2N3O2/c17-10-5-12-13(6-11(10)18)21(16(20-12)19-9-1-2-9)14-3-8(7-22)4-15(14)23/h5-6,8-9,14-15,22-23H,1-4,7H2,(H,19,20)/t8-,14?,15?/m0/s1. The van der Waals surface area contributed by atoms with E-state index in [1.165, 1.54) is 0 Å². The van der Waals surface area contributed by atoms with E-state index < -0.39 is 6.10 Å². The van der Waals surface area contributed by atoms with Crippen LogP contribution in [0.5, 0.6) is 0 Å². The molecule has 0 spiro atoms. The normalized spacial score (nSPS) is 27.7. The minimum absolute atomic E-state index is 0.0954. The molecule has 3 N–H and O–H groups in total. The highest BCUT2D eigenvalue weighted by Crippen LogP contribution is 2.41. The molecule has 124 valence electrons. The topological polar surface area (TPSA) is 70.3 Å². The quantitative estimate of drug-likeness (QED) is 0.787. The molecule has 2 aliphatic rings. The first-order valence-electron chi connectivity index (χ1n) is 7.99. The smallest absolute Gasteiger partial charge is 0.204 e. The SMILES string of the molecule is OC[C@@H]1CC(O)C(n2c(NC3CC3)nc3cc(Cl)c(Cl)cc32)C1. The van der Waals surface area contributed by atoms with Crippen molar-refractivity contribution in [3.05, 3.63) is 22.2 Å². The summed E-state index contributed by atoms with van der Waals surface area (Å²) in [5, 5.41) is 24.3. The van der Waals surface area contributed by atoms with Gasteiger partial charge < -0.3 is 20.1 Å². The van der Waals surface area contributed by atoms with E-state index in [9.17, 15) is 10.2 Å². The third-order valence-corrected chi connectivity index (χ3v) is 5.55. The van der Waals surface area contributed by atoms with Crippen LogP contribution in [0.1, 0.15) is 31.7 Å². The Hall–Kier alpha value is -1.01. The van der Waals surface area contributed by atoms with E-state index in [1.807, 2.05) is 10.6 Å². The fraction of sp³-hybridized carbons (Fsp3) is 0.562. The van der Waals surface area contributed by atoms with Crippen LogP contribution in [0.15, 0.2) is 12.1 Å². The van der Waals surface area contributed by atoms with Crippen molar-refractivity contribution in [1.82, 2.24) is 9.55 Å². The summed E-state index contributed by atoms with van der Waals surface area (Å²) in [4.78, 5) is 4.66. The van der Waals surface area contributed by atoms with Gasteiger partial charge in [0.2, 0.25) is 5.95 Å². The number of hydrogen-bond acceptors (Lipinski definition) is 4. The van der Waals surface area contributed by atoms with Crippen molar-refractivity contribution < 1.29 is 10.2 Å². The fourth-order valence-corrected chi connectivity index (χ4v) is 3.77. The number of halogens is 2. The molecular weight excluding hydrogens is 337 g/mol. The highest BCUT2D eigenvalue weighted by atomic mass is 35.5. The lowest BCUT2D eigenvalue weighted by molar-refractivity contribution is 0.133. The molecule has 0 amide bonds. The van der Waals surface area contributed by atoms with Gasteiger partial charge in [-0.1, -0.05) is 23.2 Å². The Kier molecular flexibility index (Phi) is 3.92. The van der Waals surface area contributed by atoms with Gasteiger partial charge in [0, 0.05) is 12.6 Å². The van der Waals surface area contributed by atoms with Gasteiger partial charge in [-0.3, -0.25) is 0 Å². The Morgan fingerprint density at radius 1 is 1.22 bits per heavy atom. The second-order valence-corrected chi connectivity index (χ2v) is 7.45. The largest absolute Gasteiger partial charge is 0.396 e. The zero-order valence-corrected chi connectivity index (χ0v) is 14.1. The summed E-state index contributed by atoms with van der Waals surface area (Å²) in [6.07, 6.45) is 3.10. The van der Waals surface area contributed by atoms with Crippen molar-refractivity contribution in [3.8, 4) is 0 Å². The average Bonchev–Trinajstić information content (AvgIpc) is 3.16. The van der Waals surface area contributed by atoms with Crippen LogP contribution in [0.25, 0.3) is 11.0 Å². The molecule has 1 aromatic heterocycles. The molecule has 7 heteroatoms. The lowest BCUT2D eigenvalue weighted by Gasteiger charge is -2.20. The molecule has 2 unspecified atom stereocenters. The van der Waals surface area contributed by atoms with Gasteiger partial charge in [0.15, 0.2) is 0 Å². The minimum atomic E-state index is -0.501. The maximum absolute atomic E-state index is 10.5. The van der Waals surface area contributed by atoms with E-state index in [0.29, 0.717) is 22.5 Å². The lowest BCUT2D eigenvalue weighted by atomic mass is 10.1. The van der Waals surface area contributed by atoms with Crippen molar-refractivity contribution in [2.75, 3.05) is 11.9 Å². The maximum atomic E-state index is 10.5. The van der Waals surface area contributed by atoms with Gasteiger partial charge in [-0.2, -0.15) is 0 Å². The number of aliphatic hydroxyl groups excluding tert-OH is 2. The van der Waals surface area contributed by atoms with Crippen LogP contribution in [0.2, 0.25) is 10.0 Å². The molecule has 0 aliphatic heterocycles. The van der Waals surface area contributed by atoms with Crippen LogP contribution in [-0.2, 0) is 0 Å². The van der Waals surface area contributed by atoms with E-state index in [1.54, 1.807) is 6.07 Å². The number of rotatable bonds is 4. The van der Waals surface area contributed by atoms with Crippen LogP contribution in [0.3, 0.4) is 0 Å². The van der Waals surface area contributed by atoms with Crippen LogP contribution in [-0.4, -0.2) is 38.5 Å². The zero-order chi connectivity index (χ0) is 16.1. The summed E-state index contributed by atoms with van der Waals surface area (Å²) in [6, 6.07) is 3.90. The molecule has 4 rings (SSSR count). The number of aliphatic hydroxyl groups is 2. The number of aromatic nitrogens is 2. The molecule has 1 aromatic carbocycles. The van der Waals surface area contributed by atoms with Crippen LogP contribution < -0.4 is 5.32 Å². The average molecular weight is 356 g/mol. The molecule has 2 saturated carbocycles. The zero-order valence-electron chi connectivity index (χ0n) is 12.5. The van der Waals surface area contributed by atoms with Crippen LogP contribution in [0, 0.1) is 5.92 Å². The van der Waals surface area contributed by atoms with Gasteiger partial charge in [0.05, 0.1) is 33.2 Å². The van der Waals surface area contributed by atoms with Crippen LogP contribution >= 0.6 is 23.2 Å². The number of fused-ring (bicyclic) bond motifs is 1. The minimum Gasteiger partial charge on any atom is -0.396 e. The first kappa shape index (κ1) is 15.5. The molecular formula is C16H19Cl2N3O2. The fourth-order valence-electron chi connectivity index (χ4n) is 3.46. The lowest BCUT2D eigenvalue weighted by Crippen LogP contribution is -2.21. The Bertz CT molecular complexity index is 744. The molecule has 1 heterocycles. The molecule has 23 heavy (non-hydrogen) atoms. The highest BCUT2D eigenvalue weighted by molar-refractivity contribution is 6.42. The molecule has 2 aromatic rings. The summed E-state index contributed by atoms with van der Waals surface area (Å²) in [5.74, 6) is 0.868. The predicted molar refractivity (Wildman–Crippen MR) is 91.3 cm³/mol. The Morgan fingerprint density at radius 2 is 1.96 bits per heavy atom. The molecule has 0 radical (unpaired) electrons. The monoisotopic (exact) mass is 355 g/mol. The highest BCUT2D eigenvalue weighted by Gasteiger charge is 2.37. The van der Waals surface area contributed by atoms with Crippen molar-refractivity contribution in [3.63, 3.8) is 0 Å². The van der Waals surface area contributed by atoms with Crippen molar-refractivity contribution in [1.29, 1.82) is 0 Å². The van der Waals surface area contributed by atoms with Crippen molar-refractivity contribution in [2.45, 2.75) is 43.9 Å². The number of hydrogen-bond donors (Lipinski definition) is 3. The summed E-state index contributed by atoms with van der Waals surface area (Å²) in [7, 11) is 0. The second-order valence-electron chi connectivity index (χ2n) is 6.63. The molecule has 3 atom stereocenters. The summed E-state index contributed by atoms with van der Waals surface area (Å²) >= 11 is 12.3. The number of imidazole rings is 1. The Balaban J connectivity index is 1.82. The third-order valence-electron chi connectivity index (χ3n) is 4.83. The van der Waals surface area contributed by atoms with Crippen molar-refractivity contribution >= 4 is 40.2 Å². The summed E-state index contributed by atoms with van der Waals surface area (Å²) in [6.45, 7) is 0.0954. The number of nitrogens with zero attached hydrogens (tertiary/aromatic N) is 2.